The predicted molar refractivity (Wildman–Crippen MR) is 61.1 cm³/mol. The van der Waals surface area contributed by atoms with Crippen LogP contribution in [0.4, 0.5) is 17.6 Å². The molecule has 0 amide bonds. The highest BCUT2D eigenvalue weighted by Crippen LogP contribution is 2.41. The van der Waals surface area contributed by atoms with E-state index >= 15 is 0 Å². The first-order valence-electron chi connectivity index (χ1n) is 5.38. The molecule has 0 bridgehead atoms. The first-order valence-corrected chi connectivity index (χ1v) is 6.82. The zero-order valence-electron chi connectivity index (χ0n) is 10.5. The molecule has 0 saturated carbocycles. The molecule has 1 N–H and O–H groups in total. The fourth-order valence-electron chi connectivity index (χ4n) is 1.07. The van der Waals surface area contributed by atoms with E-state index in [0.29, 0.717) is 0 Å². The zero-order valence-corrected chi connectivity index (χ0v) is 11.4. The monoisotopic (exact) mass is 322 g/mol. The number of esters is 1. The highest BCUT2D eigenvalue weighted by Gasteiger charge is 2.64. The lowest BCUT2D eigenvalue weighted by atomic mass is 10.1. The summed E-state index contributed by atoms with van der Waals surface area (Å²) in [5.41, 5.74) is 0.0910. The second-order valence-corrected chi connectivity index (χ2v) is 5.53. The Morgan fingerprint density at radius 1 is 1.25 bits per heavy atom. The molecule has 0 heterocycles. The Morgan fingerprint density at radius 2 is 1.75 bits per heavy atom. The van der Waals surface area contributed by atoms with Crippen LogP contribution in [0.2, 0.25) is 0 Å². The van der Waals surface area contributed by atoms with Crippen LogP contribution in [-0.4, -0.2) is 36.7 Å². The number of halogens is 4. The van der Waals surface area contributed by atoms with E-state index in [4.69, 9.17) is 4.55 Å². The van der Waals surface area contributed by atoms with Crippen LogP contribution in [0, 0.1) is 0 Å². The maximum atomic E-state index is 13.0. The summed E-state index contributed by atoms with van der Waals surface area (Å²) in [4.78, 5) is 10.9. The lowest BCUT2D eigenvalue weighted by Gasteiger charge is -2.23. The third-order valence-electron chi connectivity index (χ3n) is 2.22. The van der Waals surface area contributed by atoms with Crippen molar-refractivity contribution >= 4 is 16.1 Å². The van der Waals surface area contributed by atoms with Gasteiger partial charge in [-0.2, -0.15) is 26.0 Å². The van der Waals surface area contributed by atoms with E-state index in [1.165, 1.54) is 6.92 Å². The minimum atomic E-state index is -6.21. The third kappa shape index (κ3) is 4.75. The SMILES string of the molecule is C=C(C)C(=O)OCCCCC(F)(F)C(F)(F)S(=O)(=O)O. The summed E-state index contributed by atoms with van der Waals surface area (Å²) in [6, 6.07) is 0. The van der Waals surface area contributed by atoms with Gasteiger partial charge in [-0.25, -0.2) is 4.79 Å². The topological polar surface area (TPSA) is 80.7 Å². The van der Waals surface area contributed by atoms with Crippen molar-refractivity contribution in [3.63, 3.8) is 0 Å². The van der Waals surface area contributed by atoms with Crippen molar-refractivity contribution in [3.05, 3.63) is 12.2 Å². The van der Waals surface area contributed by atoms with Gasteiger partial charge in [0.2, 0.25) is 0 Å². The number of ether oxygens (including phenoxy) is 1. The molecule has 0 rings (SSSR count). The lowest BCUT2D eigenvalue weighted by molar-refractivity contribution is -0.165. The standard InChI is InChI=1S/C10H14F4O5S/c1-7(2)8(15)19-6-4-3-5-9(11,12)10(13,14)20(16,17)18/h1,3-6H2,2H3,(H,16,17,18). The van der Waals surface area contributed by atoms with E-state index in [-0.39, 0.29) is 18.6 Å². The van der Waals surface area contributed by atoms with Crippen molar-refractivity contribution in [1.29, 1.82) is 0 Å². The fourth-order valence-corrected chi connectivity index (χ4v) is 1.55. The summed E-state index contributed by atoms with van der Waals surface area (Å²) in [6.45, 7) is 4.34. The van der Waals surface area contributed by atoms with E-state index in [0.717, 1.165) is 0 Å². The van der Waals surface area contributed by atoms with Gasteiger partial charge in [0.05, 0.1) is 6.61 Å². The molecule has 0 aromatic heterocycles. The smallest absolute Gasteiger partial charge is 0.431 e. The molecule has 0 radical (unpaired) electrons. The van der Waals surface area contributed by atoms with Gasteiger partial charge in [0.25, 0.3) is 0 Å². The molecule has 118 valence electrons. The molecular formula is C10H14F4O5S. The molecule has 0 fully saturated rings. The molecule has 10 heteroatoms. The van der Waals surface area contributed by atoms with Crippen LogP contribution in [0.5, 0.6) is 0 Å². The van der Waals surface area contributed by atoms with Gasteiger partial charge in [-0.1, -0.05) is 6.58 Å². The summed E-state index contributed by atoms with van der Waals surface area (Å²) < 4.78 is 84.5. The maximum absolute atomic E-state index is 13.0. The molecule has 0 saturated heterocycles. The van der Waals surface area contributed by atoms with Crippen LogP contribution >= 0.6 is 0 Å². The van der Waals surface area contributed by atoms with Gasteiger partial charge in [0, 0.05) is 12.0 Å². The molecular weight excluding hydrogens is 308 g/mol. The summed E-state index contributed by atoms with van der Waals surface area (Å²) >= 11 is 0. The van der Waals surface area contributed by atoms with Gasteiger partial charge < -0.3 is 4.74 Å². The van der Waals surface area contributed by atoms with Gasteiger partial charge in [0.1, 0.15) is 0 Å². The van der Waals surface area contributed by atoms with Crippen LogP contribution in [0.3, 0.4) is 0 Å². The summed E-state index contributed by atoms with van der Waals surface area (Å²) in [7, 11) is -6.21. The molecule has 0 aliphatic rings. The van der Waals surface area contributed by atoms with Gasteiger partial charge in [-0.15, -0.1) is 0 Å². The Hall–Kier alpha value is -1.16. The number of unbranched alkanes of at least 4 members (excludes halogenated alkanes) is 1. The molecule has 5 nitrogen and oxygen atoms in total. The van der Waals surface area contributed by atoms with Crippen LogP contribution in [0.1, 0.15) is 26.2 Å². The highest BCUT2D eigenvalue weighted by atomic mass is 32.2. The van der Waals surface area contributed by atoms with Gasteiger partial charge in [-0.3, -0.25) is 4.55 Å². The number of hydrogen-bond acceptors (Lipinski definition) is 4. The first-order chi connectivity index (χ1) is 8.83. The molecule has 0 aromatic rings. The quantitative estimate of drug-likeness (QED) is 0.244. The fraction of sp³-hybridized carbons (Fsp3) is 0.700. The number of hydrogen-bond donors (Lipinski definition) is 1. The van der Waals surface area contributed by atoms with E-state index in [1.54, 1.807) is 0 Å². The number of alkyl halides is 4. The minimum Gasteiger partial charge on any atom is -0.462 e. The van der Waals surface area contributed by atoms with Crippen LogP contribution in [0.25, 0.3) is 0 Å². The predicted octanol–water partition coefficient (Wildman–Crippen LogP) is 2.39. The lowest BCUT2D eigenvalue weighted by Crippen LogP contribution is -2.46. The van der Waals surface area contributed by atoms with E-state index < -0.39 is 40.1 Å². The molecule has 0 spiro atoms. The third-order valence-corrected chi connectivity index (χ3v) is 3.16. The Balaban J connectivity index is 4.32. The van der Waals surface area contributed by atoms with Crippen molar-refractivity contribution in [2.45, 2.75) is 37.4 Å². The van der Waals surface area contributed by atoms with Gasteiger partial charge in [-0.05, 0) is 19.8 Å². The van der Waals surface area contributed by atoms with Crippen molar-refractivity contribution < 1.29 is 40.1 Å². The Bertz CT molecular complexity index is 472. The number of carbonyl (C=O) groups excluding carboxylic acids is 1. The average Bonchev–Trinajstić information content (AvgIpc) is 2.26. The molecule has 0 aliphatic carbocycles. The molecule has 0 aromatic carbocycles. The van der Waals surface area contributed by atoms with Crippen molar-refractivity contribution in [1.82, 2.24) is 0 Å². The Morgan fingerprint density at radius 3 is 2.15 bits per heavy atom. The van der Waals surface area contributed by atoms with Crippen molar-refractivity contribution in [3.8, 4) is 0 Å². The highest BCUT2D eigenvalue weighted by molar-refractivity contribution is 7.87. The molecule has 0 aliphatic heterocycles. The largest absolute Gasteiger partial charge is 0.462 e. The summed E-state index contributed by atoms with van der Waals surface area (Å²) in [5.74, 6) is -5.67. The van der Waals surface area contributed by atoms with E-state index in [2.05, 4.69) is 11.3 Å². The Kier molecular flexibility index (Phi) is 6.15. The van der Waals surface area contributed by atoms with Crippen LogP contribution < -0.4 is 0 Å². The molecule has 0 atom stereocenters. The second kappa shape index (κ2) is 6.53. The molecule has 0 unspecified atom stereocenters. The number of rotatable bonds is 8. The Labute approximate surface area is 113 Å². The number of carbonyl (C=O) groups is 1. The minimum absolute atomic E-state index is 0.0910. The maximum Gasteiger partial charge on any atom is 0.431 e. The average molecular weight is 322 g/mol. The normalized spacial score (nSPS) is 13.1. The van der Waals surface area contributed by atoms with Crippen LogP contribution in [-0.2, 0) is 19.6 Å². The van der Waals surface area contributed by atoms with Gasteiger partial charge >= 0.3 is 27.3 Å². The van der Waals surface area contributed by atoms with Crippen molar-refractivity contribution in [2.24, 2.45) is 0 Å². The second-order valence-electron chi connectivity index (χ2n) is 4.07. The van der Waals surface area contributed by atoms with Crippen molar-refractivity contribution in [2.75, 3.05) is 6.61 Å². The molecule has 20 heavy (non-hydrogen) atoms. The summed E-state index contributed by atoms with van der Waals surface area (Å²) in [6.07, 6.45) is -2.18. The van der Waals surface area contributed by atoms with Crippen LogP contribution in [0.15, 0.2) is 12.2 Å². The van der Waals surface area contributed by atoms with Gasteiger partial charge in [0.15, 0.2) is 0 Å². The van der Waals surface area contributed by atoms with E-state index in [9.17, 15) is 30.8 Å². The zero-order chi connectivity index (χ0) is 16.2. The van der Waals surface area contributed by atoms with E-state index in [1.807, 2.05) is 0 Å². The summed E-state index contributed by atoms with van der Waals surface area (Å²) in [5, 5.41) is -5.56. The first kappa shape index (κ1) is 18.8.